The minimum atomic E-state index is -1.77. The fourth-order valence-corrected chi connectivity index (χ4v) is 4.44. The fourth-order valence-electron chi connectivity index (χ4n) is 4.09. The Balaban J connectivity index is 1.81. The van der Waals surface area contributed by atoms with E-state index in [2.05, 4.69) is 15.1 Å². The molecule has 1 saturated heterocycles. The smallest absolute Gasteiger partial charge is 0.242 e. The van der Waals surface area contributed by atoms with Crippen molar-refractivity contribution in [2.45, 2.75) is 56.4 Å². The van der Waals surface area contributed by atoms with Gasteiger partial charge < -0.3 is 20.3 Å². The Morgan fingerprint density at radius 3 is 2.73 bits per heavy atom. The molecule has 0 saturated carbocycles. The van der Waals surface area contributed by atoms with E-state index in [0.717, 1.165) is 12.0 Å². The van der Waals surface area contributed by atoms with E-state index in [1.807, 2.05) is 57.4 Å². The average molecular weight is 430 g/mol. The van der Waals surface area contributed by atoms with Crippen LogP contribution >= 0.6 is 11.8 Å². The molecule has 30 heavy (non-hydrogen) atoms. The Hall–Kier alpha value is -2.20. The Morgan fingerprint density at radius 1 is 1.33 bits per heavy atom. The molecule has 0 radical (unpaired) electrons. The lowest BCUT2D eigenvalue weighted by molar-refractivity contribution is -0.288. The second-order valence-electron chi connectivity index (χ2n) is 7.74. The number of imidazole rings is 1. The summed E-state index contributed by atoms with van der Waals surface area (Å²) in [6.07, 6.45) is 3.94. The number of rotatable bonds is 6. The summed E-state index contributed by atoms with van der Waals surface area (Å²) in [5.41, 5.74) is 6.79. The van der Waals surface area contributed by atoms with E-state index in [1.54, 1.807) is 6.20 Å². The van der Waals surface area contributed by atoms with Gasteiger partial charge in [-0.2, -0.15) is 0 Å². The molecule has 160 valence electrons. The normalized spacial score (nSPS) is 29.0. The SMILES string of the molecule is CC[C@H]1O[C@@](O)(c2cnc3c(N)nc(SC)nn23)[C@](C)(OCc2ccccc2)[C@@H]1C. The summed E-state index contributed by atoms with van der Waals surface area (Å²) in [5.74, 6) is -1.60. The first-order valence-corrected chi connectivity index (χ1v) is 11.2. The largest absolute Gasteiger partial charge is 0.380 e. The molecular weight excluding hydrogens is 402 g/mol. The van der Waals surface area contributed by atoms with Crippen LogP contribution in [0.1, 0.15) is 38.4 Å². The molecule has 3 aromatic rings. The molecule has 1 aliphatic rings. The quantitative estimate of drug-likeness (QED) is 0.576. The topological polar surface area (TPSA) is 108 Å². The molecule has 2 aromatic heterocycles. The van der Waals surface area contributed by atoms with E-state index >= 15 is 0 Å². The second-order valence-corrected chi connectivity index (χ2v) is 8.51. The van der Waals surface area contributed by atoms with Crippen LogP contribution in [0.15, 0.2) is 41.7 Å². The van der Waals surface area contributed by atoms with Gasteiger partial charge in [-0.05, 0) is 25.2 Å². The van der Waals surface area contributed by atoms with E-state index < -0.39 is 11.4 Å². The third-order valence-electron chi connectivity index (χ3n) is 6.10. The van der Waals surface area contributed by atoms with Crippen molar-refractivity contribution in [3.8, 4) is 0 Å². The molecule has 0 spiro atoms. The third kappa shape index (κ3) is 3.17. The number of thioether (sulfide) groups is 1. The highest BCUT2D eigenvalue weighted by Crippen LogP contribution is 2.51. The van der Waals surface area contributed by atoms with E-state index in [1.165, 1.54) is 16.3 Å². The Labute approximate surface area is 179 Å². The summed E-state index contributed by atoms with van der Waals surface area (Å²) in [5, 5.41) is 16.9. The van der Waals surface area contributed by atoms with Crippen molar-refractivity contribution in [3.05, 3.63) is 47.8 Å². The zero-order valence-electron chi connectivity index (χ0n) is 17.6. The number of hydrogen-bond acceptors (Lipinski definition) is 8. The number of anilines is 1. The first kappa shape index (κ1) is 21.0. The number of aliphatic hydroxyl groups is 1. The molecule has 0 aliphatic carbocycles. The number of aromatic nitrogens is 4. The summed E-state index contributed by atoms with van der Waals surface area (Å²) >= 11 is 1.36. The third-order valence-corrected chi connectivity index (χ3v) is 6.64. The Kier molecular flexibility index (Phi) is 5.48. The van der Waals surface area contributed by atoms with Crippen molar-refractivity contribution in [1.82, 2.24) is 19.6 Å². The number of ether oxygens (including phenoxy) is 2. The average Bonchev–Trinajstić information content (AvgIpc) is 3.27. The molecule has 9 heteroatoms. The second kappa shape index (κ2) is 7.81. The van der Waals surface area contributed by atoms with Gasteiger partial charge in [0, 0.05) is 5.92 Å². The van der Waals surface area contributed by atoms with Crippen molar-refractivity contribution >= 4 is 23.2 Å². The maximum atomic E-state index is 12.0. The number of nitrogens with two attached hydrogens (primary N) is 1. The molecule has 3 N–H and O–H groups in total. The van der Waals surface area contributed by atoms with E-state index in [9.17, 15) is 5.11 Å². The number of nitrogens with zero attached hydrogens (tertiary/aromatic N) is 4. The zero-order chi connectivity index (χ0) is 21.5. The predicted molar refractivity (Wildman–Crippen MR) is 115 cm³/mol. The van der Waals surface area contributed by atoms with Crippen molar-refractivity contribution in [2.24, 2.45) is 5.92 Å². The van der Waals surface area contributed by atoms with Crippen LogP contribution in [0.25, 0.3) is 5.65 Å². The Bertz CT molecular complexity index is 1050. The lowest BCUT2D eigenvalue weighted by Crippen LogP contribution is -2.52. The summed E-state index contributed by atoms with van der Waals surface area (Å²) in [6.45, 7) is 6.30. The molecule has 1 aromatic carbocycles. The van der Waals surface area contributed by atoms with Gasteiger partial charge in [-0.3, -0.25) is 0 Å². The molecule has 0 amide bonds. The van der Waals surface area contributed by atoms with E-state index in [-0.39, 0.29) is 17.8 Å². The van der Waals surface area contributed by atoms with Crippen LogP contribution in [0.2, 0.25) is 0 Å². The van der Waals surface area contributed by atoms with Gasteiger partial charge in [0.25, 0.3) is 0 Å². The van der Waals surface area contributed by atoms with Crippen molar-refractivity contribution in [1.29, 1.82) is 0 Å². The van der Waals surface area contributed by atoms with Crippen molar-refractivity contribution in [2.75, 3.05) is 12.0 Å². The molecule has 0 bridgehead atoms. The van der Waals surface area contributed by atoms with Crippen LogP contribution in [-0.2, 0) is 21.9 Å². The predicted octanol–water partition coefficient (Wildman–Crippen LogP) is 2.99. The highest BCUT2D eigenvalue weighted by molar-refractivity contribution is 7.98. The fraction of sp³-hybridized carbons (Fsp3) is 0.476. The minimum Gasteiger partial charge on any atom is -0.380 e. The lowest BCUT2D eigenvalue weighted by atomic mass is 9.81. The van der Waals surface area contributed by atoms with Gasteiger partial charge in [0.1, 0.15) is 11.3 Å². The van der Waals surface area contributed by atoms with E-state index in [4.69, 9.17) is 15.2 Å². The number of hydrogen-bond donors (Lipinski definition) is 2. The van der Waals surface area contributed by atoms with Crippen molar-refractivity contribution in [3.63, 3.8) is 0 Å². The molecule has 8 nitrogen and oxygen atoms in total. The van der Waals surface area contributed by atoms with E-state index in [0.29, 0.717) is 23.1 Å². The van der Waals surface area contributed by atoms with Crippen molar-refractivity contribution < 1.29 is 14.6 Å². The van der Waals surface area contributed by atoms with Gasteiger partial charge >= 0.3 is 0 Å². The summed E-state index contributed by atoms with van der Waals surface area (Å²) < 4.78 is 14.2. The maximum Gasteiger partial charge on any atom is 0.242 e. The summed E-state index contributed by atoms with van der Waals surface area (Å²) in [6, 6.07) is 9.87. The van der Waals surface area contributed by atoms with Crippen LogP contribution in [-0.4, -0.2) is 42.6 Å². The van der Waals surface area contributed by atoms with Crippen LogP contribution in [0.5, 0.6) is 0 Å². The lowest BCUT2D eigenvalue weighted by Gasteiger charge is -2.39. The molecular formula is C21H27N5O3S. The molecule has 3 heterocycles. The standard InChI is InChI=1S/C21H27N5O3S/c1-5-15-13(2)20(3,28-12-14-9-7-6-8-10-14)21(27,29-15)16-11-23-18-17(22)24-19(30-4)25-26(16)18/h6-11,13,15,27H,5,12H2,1-4H3,(H2,22,24,25)/t13-,15-,20-,21+/m1/s1. The minimum absolute atomic E-state index is 0.0824. The zero-order valence-corrected chi connectivity index (χ0v) is 18.4. The Morgan fingerprint density at radius 2 is 2.07 bits per heavy atom. The molecule has 4 atom stereocenters. The van der Waals surface area contributed by atoms with Gasteiger partial charge in [0.15, 0.2) is 11.5 Å². The first-order chi connectivity index (χ1) is 14.3. The molecule has 4 rings (SSSR count). The number of nitrogen functional groups attached to an aromatic ring is 1. The van der Waals surface area contributed by atoms with Gasteiger partial charge in [-0.1, -0.05) is 55.9 Å². The highest BCUT2D eigenvalue weighted by atomic mass is 32.2. The maximum absolute atomic E-state index is 12.0. The molecule has 0 unspecified atom stereocenters. The monoisotopic (exact) mass is 429 g/mol. The summed E-state index contributed by atoms with van der Waals surface area (Å²) in [4.78, 5) is 8.58. The first-order valence-electron chi connectivity index (χ1n) is 9.97. The van der Waals surface area contributed by atoms with Gasteiger partial charge in [0.2, 0.25) is 10.9 Å². The number of benzene rings is 1. The van der Waals surface area contributed by atoms with Crippen LogP contribution < -0.4 is 5.73 Å². The van der Waals surface area contributed by atoms with Gasteiger partial charge in [-0.15, -0.1) is 5.10 Å². The summed E-state index contributed by atoms with van der Waals surface area (Å²) in [7, 11) is 0. The van der Waals surface area contributed by atoms with Crippen LogP contribution in [0, 0.1) is 5.92 Å². The van der Waals surface area contributed by atoms with Gasteiger partial charge in [0.05, 0.1) is 18.9 Å². The van der Waals surface area contributed by atoms with Crippen LogP contribution in [0.4, 0.5) is 5.82 Å². The van der Waals surface area contributed by atoms with Crippen LogP contribution in [0.3, 0.4) is 0 Å². The molecule has 1 aliphatic heterocycles. The highest BCUT2D eigenvalue weighted by Gasteiger charge is 2.64. The van der Waals surface area contributed by atoms with Gasteiger partial charge in [-0.25, -0.2) is 14.5 Å². The molecule has 1 fully saturated rings. The number of fused-ring (bicyclic) bond motifs is 1.